The van der Waals surface area contributed by atoms with E-state index in [1.807, 2.05) is 11.8 Å². The van der Waals surface area contributed by atoms with Gasteiger partial charge in [0.1, 0.15) is 0 Å². The lowest BCUT2D eigenvalue weighted by Crippen LogP contribution is -2.49. The van der Waals surface area contributed by atoms with E-state index in [1.165, 1.54) is 0 Å². The highest BCUT2D eigenvalue weighted by Crippen LogP contribution is 2.03. The van der Waals surface area contributed by atoms with Gasteiger partial charge in [-0.3, -0.25) is 4.79 Å². The number of aliphatic hydroxyl groups is 1. The molecule has 1 fully saturated rings. The summed E-state index contributed by atoms with van der Waals surface area (Å²) in [6, 6.07) is 0. The number of amides is 1. The zero-order valence-corrected chi connectivity index (χ0v) is 11.7. The van der Waals surface area contributed by atoms with Crippen LogP contribution in [0.25, 0.3) is 0 Å². The summed E-state index contributed by atoms with van der Waals surface area (Å²) in [5, 5.41) is 12.1. The number of hydrogen-bond donors (Lipinski definition) is 2. The number of likely N-dealkylation sites (N-methyl/N-ethyl adjacent to an activating group) is 1. The Kier molecular flexibility index (Phi) is 7.23. The molecule has 106 valence electrons. The lowest BCUT2D eigenvalue weighted by Gasteiger charge is -2.32. The van der Waals surface area contributed by atoms with E-state index in [0.29, 0.717) is 12.5 Å². The number of rotatable bonds is 7. The van der Waals surface area contributed by atoms with E-state index < -0.39 is 0 Å². The lowest BCUT2D eigenvalue weighted by molar-refractivity contribution is -0.131. The molecule has 0 aromatic carbocycles. The van der Waals surface area contributed by atoms with Crippen LogP contribution in [0.2, 0.25) is 0 Å². The Balaban J connectivity index is 2.03. The molecular formula is C13H27N3O2. The smallest absolute Gasteiger partial charge is 0.236 e. The standard InChI is InChI=1S/C13H27N3O2/c1-12(11-17)4-3-5-14-10-13(18)16-8-6-15(2)7-9-16/h12,14,17H,3-11H2,1-2H3. The van der Waals surface area contributed by atoms with Crippen LogP contribution < -0.4 is 5.32 Å². The highest BCUT2D eigenvalue weighted by Gasteiger charge is 2.18. The molecule has 1 unspecified atom stereocenters. The van der Waals surface area contributed by atoms with Gasteiger partial charge in [0.05, 0.1) is 6.54 Å². The van der Waals surface area contributed by atoms with Crippen molar-refractivity contribution in [3.8, 4) is 0 Å². The first-order valence-electron chi connectivity index (χ1n) is 6.91. The molecule has 1 heterocycles. The Morgan fingerprint density at radius 3 is 2.61 bits per heavy atom. The first-order valence-corrected chi connectivity index (χ1v) is 6.91. The summed E-state index contributed by atoms with van der Waals surface area (Å²) >= 11 is 0. The van der Waals surface area contributed by atoms with Crippen molar-refractivity contribution < 1.29 is 9.90 Å². The van der Waals surface area contributed by atoms with Crippen LogP contribution in [-0.4, -0.2) is 73.7 Å². The minimum atomic E-state index is 0.207. The van der Waals surface area contributed by atoms with Crippen molar-refractivity contribution in [1.82, 2.24) is 15.1 Å². The first-order chi connectivity index (χ1) is 8.63. The van der Waals surface area contributed by atoms with Crippen molar-refractivity contribution in [3.63, 3.8) is 0 Å². The molecule has 1 amide bonds. The van der Waals surface area contributed by atoms with E-state index in [-0.39, 0.29) is 12.5 Å². The molecule has 0 saturated carbocycles. The molecule has 5 heteroatoms. The molecule has 1 atom stereocenters. The Labute approximate surface area is 110 Å². The Morgan fingerprint density at radius 2 is 2.00 bits per heavy atom. The monoisotopic (exact) mass is 257 g/mol. The summed E-state index contributed by atoms with van der Waals surface area (Å²) in [6.07, 6.45) is 2.02. The van der Waals surface area contributed by atoms with Crippen LogP contribution in [0.4, 0.5) is 0 Å². The fourth-order valence-electron chi connectivity index (χ4n) is 2.03. The van der Waals surface area contributed by atoms with Crippen LogP contribution in [-0.2, 0) is 4.79 Å². The third kappa shape index (κ3) is 5.80. The molecule has 0 spiro atoms. The van der Waals surface area contributed by atoms with Crippen LogP contribution >= 0.6 is 0 Å². The highest BCUT2D eigenvalue weighted by molar-refractivity contribution is 5.78. The molecule has 5 nitrogen and oxygen atoms in total. The van der Waals surface area contributed by atoms with Crippen molar-refractivity contribution in [2.75, 3.05) is 52.9 Å². The predicted molar refractivity (Wildman–Crippen MR) is 72.4 cm³/mol. The summed E-state index contributed by atoms with van der Waals surface area (Å²) < 4.78 is 0. The van der Waals surface area contributed by atoms with Gasteiger partial charge in [-0.05, 0) is 32.4 Å². The number of carbonyl (C=O) groups is 1. The zero-order valence-electron chi connectivity index (χ0n) is 11.7. The first kappa shape index (κ1) is 15.4. The van der Waals surface area contributed by atoms with Crippen LogP contribution in [0.5, 0.6) is 0 Å². The van der Waals surface area contributed by atoms with E-state index in [2.05, 4.69) is 17.3 Å². The maximum absolute atomic E-state index is 11.9. The van der Waals surface area contributed by atoms with Gasteiger partial charge in [-0.15, -0.1) is 0 Å². The Bertz CT molecular complexity index is 240. The molecule has 0 aliphatic carbocycles. The molecule has 2 N–H and O–H groups in total. The molecule has 0 bridgehead atoms. The van der Waals surface area contributed by atoms with Crippen molar-refractivity contribution in [1.29, 1.82) is 0 Å². The molecule has 0 aromatic heterocycles. The predicted octanol–water partition coefficient (Wildman–Crippen LogP) is -0.241. The Morgan fingerprint density at radius 1 is 1.33 bits per heavy atom. The number of nitrogens with one attached hydrogen (secondary N) is 1. The normalized spacial score (nSPS) is 18.9. The second-order valence-electron chi connectivity index (χ2n) is 5.29. The molecule has 0 aromatic rings. The summed E-state index contributed by atoms with van der Waals surface area (Å²) in [5.74, 6) is 0.568. The molecular weight excluding hydrogens is 230 g/mol. The molecule has 1 aliphatic heterocycles. The molecule has 0 radical (unpaired) electrons. The van der Waals surface area contributed by atoms with Crippen molar-refractivity contribution in [3.05, 3.63) is 0 Å². The summed E-state index contributed by atoms with van der Waals surface area (Å²) in [5.41, 5.74) is 0. The van der Waals surface area contributed by atoms with E-state index in [9.17, 15) is 4.79 Å². The van der Waals surface area contributed by atoms with Crippen LogP contribution in [0.3, 0.4) is 0 Å². The van der Waals surface area contributed by atoms with E-state index >= 15 is 0 Å². The highest BCUT2D eigenvalue weighted by atomic mass is 16.3. The molecule has 18 heavy (non-hydrogen) atoms. The second kappa shape index (κ2) is 8.45. The fraction of sp³-hybridized carbons (Fsp3) is 0.923. The van der Waals surface area contributed by atoms with E-state index in [1.54, 1.807) is 0 Å². The number of piperazine rings is 1. The van der Waals surface area contributed by atoms with Gasteiger partial charge < -0.3 is 20.2 Å². The van der Waals surface area contributed by atoms with Crippen molar-refractivity contribution in [2.45, 2.75) is 19.8 Å². The van der Waals surface area contributed by atoms with Gasteiger partial charge >= 0.3 is 0 Å². The summed E-state index contributed by atoms with van der Waals surface area (Å²) in [6.45, 7) is 7.22. The van der Waals surface area contributed by atoms with Gasteiger partial charge in [-0.25, -0.2) is 0 Å². The minimum Gasteiger partial charge on any atom is -0.396 e. The second-order valence-corrected chi connectivity index (χ2v) is 5.29. The SMILES string of the molecule is CC(CO)CCCNCC(=O)N1CCN(C)CC1. The van der Waals surface area contributed by atoms with Crippen LogP contribution in [0, 0.1) is 5.92 Å². The number of nitrogens with zero attached hydrogens (tertiary/aromatic N) is 2. The number of carbonyl (C=O) groups excluding carboxylic acids is 1. The maximum atomic E-state index is 11.9. The van der Waals surface area contributed by atoms with Gasteiger partial charge in [0.25, 0.3) is 0 Å². The van der Waals surface area contributed by atoms with E-state index in [0.717, 1.165) is 45.6 Å². The van der Waals surface area contributed by atoms with Gasteiger partial charge in [0.2, 0.25) is 5.91 Å². The van der Waals surface area contributed by atoms with Gasteiger partial charge in [0, 0.05) is 32.8 Å². The average molecular weight is 257 g/mol. The Hall–Kier alpha value is -0.650. The van der Waals surface area contributed by atoms with Gasteiger partial charge in [-0.2, -0.15) is 0 Å². The third-order valence-corrected chi connectivity index (χ3v) is 3.49. The quantitative estimate of drug-likeness (QED) is 0.618. The number of aliphatic hydroxyl groups excluding tert-OH is 1. The van der Waals surface area contributed by atoms with Crippen LogP contribution in [0.15, 0.2) is 0 Å². The van der Waals surface area contributed by atoms with Crippen molar-refractivity contribution >= 4 is 5.91 Å². The molecule has 1 saturated heterocycles. The van der Waals surface area contributed by atoms with E-state index in [4.69, 9.17) is 5.11 Å². The molecule has 1 aliphatic rings. The lowest BCUT2D eigenvalue weighted by atomic mass is 10.1. The average Bonchev–Trinajstić information content (AvgIpc) is 2.38. The summed E-state index contributed by atoms with van der Waals surface area (Å²) in [4.78, 5) is 16.0. The minimum absolute atomic E-state index is 0.207. The summed E-state index contributed by atoms with van der Waals surface area (Å²) in [7, 11) is 2.09. The molecule has 1 rings (SSSR count). The topological polar surface area (TPSA) is 55.8 Å². The number of hydrogen-bond acceptors (Lipinski definition) is 4. The van der Waals surface area contributed by atoms with Crippen molar-refractivity contribution in [2.24, 2.45) is 5.92 Å². The van der Waals surface area contributed by atoms with Crippen LogP contribution in [0.1, 0.15) is 19.8 Å². The van der Waals surface area contributed by atoms with Gasteiger partial charge in [0.15, 0.2) is 0 Å². The third-order valence-electron chi connectivity index (χ3n) is 3.49. The largest absolute Gasteiger partial charge is 0.396 e. The van der Waals surface area contributed by atoms with Gasteiger partial charge in [-0.1, -0.05) is 6.92 Å². The fourth-order valence-corrected chi connectivity index (χ4v) is 2.03. The maximum Gasteiger partial charge on any atom is 0.236 e. The zero-order chi connectivity index (χ0) is 13.4.